The van der Waals surface area contributed by atoms with Gasteiger partial charge >= 0.3 is 0 Å². The highest BCUT2D eigenvalue weighted by atomic mass is 14.3. The lowest BCUT2D eigenvalue weighted by atomic mass is 9.69. The second-order valence-corrected chi connectivity index (χ2v) is 7.27. The predicted molar refractivity (Wildman–Crippen MR) is 71.1 cm³/mol. The molecule has 0 aromatic heterocycles. The maximum Gasteiger partial charge on any atom is -0.0342 e. The van der Waals surface area contributed by atoms with Crippen molar-refractivity contribution in [1.29, 1.82) is 0 Å². The van der Waals surface area contributed by atoms with E-state index in [1.807, 2.05) is 0 Å². The van der Waals surface area contributed by atoms with E-state index in [1.165, 1.54) is 19.3 Å². The molecule has 92 valence electrons. The van der Waals surface area contributed by atoms with Crippen molar-refractivity contribution in [3.05, 3.63) is 0 Å². The van der Waals surface area contributed by atoms with Gasteiger partial charge in [-0.15, -0.1) is 0 Å². The van der Waals surface area contributed by atoms with Crippen molar-refractivity contribution in [2.75, 3.05) is 0 Å². The van der Waals surface area contributed by atoms with Crippen LogP contribution < -0.4 is 0 Å². The Hall–Kier alpha value is 0. The first-order valence-corrected chi connectivity index (χ1v) is 6.60. The van der Waals surface area contributed by atoms with Crippen LogP contribution in [0, 0.1) is 22.7 Å². The molecule has 0 bridgehead atoms. The van der Waals surface area contributed by atoms with Crippen LogP contribution in [-0.4, -0.2) is 0 Å². The third-order valence-electron chi connectivity index (χ3n) is 4.01. The molecule has 0 fully saturated rings. The topological polar surface area (TPSA) is 0 Å². The SMILES string of the molecule is CCC(C)(C)CCC(C(C)C)C(C)(C)C. The smallest absolute Gasteiger partial charge is 0.0342 e. The zero-order valence-corrected chi connectivity index (χ0v) is 12.3. The quantitative estimate of drug-likeness (QED) is 0.563. The summed E-state index contributed by atoms with van der Waals surface area (Å²) in [5, 5.41) is 0. The third kappa shape index (κ3) is 5.58. The Morgan fingerprint density at radius 3 is 1.67 bits per heavy atom. The number of rotatable bonds is 5. The van der Waals surface area contributed by atoms with E-state index < -0.39 is 0 Å². The Morgan fingerprint density at radius 1 is 0.933 bits per heavy atom. The van der Waals surface area contributed by atoms with E-state index in [-0.39, 0.29) is 0 Å². The normalized spacial score (nSPS) is 15.8. The monoisotopic (exact) mass is 212 g/mol. The highest BCUT2D eigenvalue weighted by molar-refractivity contribution is 4.79. The van der Waals surface area contributed by atoms with Gasteiger partial charge in [-0.1, -0.05) is 61.8 Å². The average molecular weight is 212 g/mol. The van der Waals surface area contributed by atoms with Crippen molar-refractivity contribution in [3.8, 4) is 0 Å². The summed E-state index contributed by atoms with van der Waals surface area (Å²) in [7, 11) is 0. The molecule has 0 aliphatic carbocycles. The molecular weight excluding hydrogens is 180 g/mol. The van der Waals surface area contributed by atoms with Crippen LogP contribution in [0.15, 0.2) is 0 Å². The van der Waals surface area contributed by atoms with Crippen LogP contribution in [-0.2, 0) is 0 Å². The number of hydrogen-bond donors (Lipinski definition) is 0. The van der Waals surface area contributed by atoms with Gasteiger partial charge in [0.05, 0.1) is 0 Å². The van der Waals surface area contributed by atoms with Gasteiger partial charge in [0.25, 0.3) is 0 Å². The van der Waals surface area contributed by atoms with Gasteiger partial charge in [-0.25, -0.2) is 0 Å². The van der Waals surface area contributed by atoms with Crippen LogP contribution in [0.25, 0.3) is 0 Å². The summed E-state index contributed by atoms with van der Waals surface area (Å²) < 4.78 is 0. The van der Waals surface area contributed by atoms with Crippen molar-refractivity contribution in [2.45, 2.75) is 74.7 Å². The van der Waals surface area contributed by atoms with E-state index in [0.717, 1.165) is 11.8 Å². The average Bonchev–Trinajstić information content (AvgIpc) is 2.01. The van der Waals surface area contributed by atoms with Crippen molar-refractivity contribution in [2.24, 2.45) is 22.7 Å². The first kappa shape index (κ1) is 15.0. The molecule has 0 radical (unpaired) electrons. The van der Waals surface area contributed by atoms with Gasteiger partial charge in [0.2, 0.25) is 0 Å². The fourth-order valence-corrected chi connectivity index (χ4v) is 2.49. The van der Waals surface area contributed by atoms with Crippen molar-refractivity contribution >= 4 is 0 Å². The first-order valence-electron chi connectivity index (χ1n) is 6.60. The van der Waals surface area contributed by atoms with E-state index in [4.69, 9.17) is 0 Å². The lowest BCUT2D eigenvalue weighted by Crippen LogP contribution is -2.27. The Morgan fingerprint density at radius 2 is 1.40 bits per heavy atom. The van der Waals surface area contributed by atoms with E-state index in [0.29, 0.717) is 10.8 Å². The third-order valence-corrected chi connectivity index (χ3v) is 4.01. The summed E-state index contributed by atoms with van der Waals surface area (Å²) in [6.07, 6.45) is 4.04. The summed E-state index contributed by atoms with van der Waals surface area (Å²) in [5.74, 6) is 1.65. The molecule has 0 saturated carbocycles. The molecule has 0 aromatic rings. The minimum absolute atomic E-state index is 0.456. The van der Waals surface area contributed by atoms with Crippen molar-refractivity contribution < 1.29 is 0 Å². The molecule has 0 spiro atoms. The predicted octanol–water partition coefficient (Wildman–Crippen LogP) is 5.52. The summed E-state index contributed by atoms with van der Waals surface area (Å²) in [6, 6.07) is 0. The fourth-order valence-electron chi connectivity index (χ4n) is 2.49. The fraction of sp³-hybridized carbons (Fsp3) is 1.00. The molecule has 0 amide bonds. The lowest BCUT2D eigenvalue weighted by molar-refractivity contribution is 0.140. The van der Waals surface area contributed by atoms with Crippen LogP contribution in [0.5, 0.6) is 0 Å². The molecule has 0 saturated heterocycles. The van der Waals surface area contributed by atoms with Gasteiger partial charge in [-0.05, 0) is 35.5 Å². The molecule has 1 unspecified atom stereocenters. The molecule has 0 nitrogen and oxygen atoms in total. The maximum atomic E-state index is 2.40. The molecular formula is C15H32. The molecule has 0 heteroatoms. The van der Waals surface area contributed by atoms with Crippen LogP contribution >= 0.6 is 0 Å². The highest BCUT2D eigenvalue weighted by Crippen LogP contribution is 2.39. The van der Waals surface area contributed by atoms with Gasteiger partial charge in [0, 0.05) is 0 Å². The molecule has 0 rings (SSSR count). The highest BCUT2D eigenvalue weighted by Gasteiger charge is 2.29. The number of hydrogen-bond acceptors (Lipinski definition) is 0. The van der Waals surface area contributed by atoms with Crippen molar-refractivity contribution in [3.63, 3.8) is 0 Å². The molecule has 0 heterocycles. The Bertz CT molecular complexity index is 169. The molecule has 0 aliphatic heterocycles. The minimum atomic E-state index is 0.456. The second-order valence-electron chi connectivity index (χ2n) is 7.27. The van der Waals surface area contributed by atoms with Gasteiger partial charge in [0.15, 0.2) is 0 Å². The second kappa shape index (κ2) is 5.37. The molecule has 0 aliphatic rings. The van der Waals surface area contributed by atoms with Crippen molar-refractivity contribution in [1.82, 2.24) is 0 Å². The van der Waals surface area contributed by atoms with Gasteiger partial charge in [0.1, 0.15) is 0 Å². The van der Waals surface area contributed by atoms with Gasteiger partial charge < -0.3 is 0 Å². The van der Waals surface area contributed by atoms with Gasteiger partial charge in [-0.3, -0.25) is 0 Å². The summed E-state index contributed by atoms with van der Waals surface area (Å²) >= 11 is 0. The molecule has 0 N–H and O–H groups in total. The largest absolute Gasteiger partial charge is 0.0649 e. The van der Waals surface area contributed by atoms with E-state index in [9.17, 15) is 0 Å². The van der Waals surface area contributed by atoms with E-state index in [1.54, 1.807) is 0 Å². The standard InChI is InChI=1S/C15H32/c1-9-15(7,8)11-10-13(12(2)3)14(4,5)6/h12-13H,9-11H2,1-8H3. The Labute approximate surface area is 97.8 Å². The summed E-state index contributed by atoms with van der Waals surface area (Å²) in [4.78, 5) is 0. The first-order chi connectivity index (χ1) is 6.60. The van der Waals surface area contributed by atoms with Crippen LogP contribution in [0.1, 0.15) is 74.7 Å². The molecule has 1 atom stereocenters. The summed E-state index contributed by atoms with van der Waals surface area (Å²) in [5.41, 5.74) is 0.983. The van der Waals surface area contributed by atoms with E-state index in [2.05, 4.69) is 55.4 Å². The van der Waals surface area contributed by atoms with Crippen LogP contribution in [0.2, 0.25) is 0 Å². The van der Waals surface area contributed by atoms with Crippen LogP contribution in [0.3, 0.4) is 0 Å². The zero-order chi connectivity index (χ0) is 12.3. The van der Waals surface area contributed by atoms with E-state index >= 15 is 0 Å². The Balaban J connectivity index is 4.33. The summed E-state index contributed by atoms with van der Waals surface area (Å²) in [6.45, 7) is 19.0. The van der Waals surface area contributed by atoms with Crippen LogP contribution in [0.4, 0.5) is 0 Å². The molecule has 15 heavy (non-hydrogen) atoms. The maximum absolute atomic E-state index is 2.40. The lowest BCUT2D eigenvalue weighted by Gasteiger charge is -2.36. The molecule has 0 aromatic carbocycles. The minimum Gasteiger partial charge on any atom is -0.0649 e. The van der Waals surface area contributed by atoms with Gasteiger partial charge in [-0.2, -0.15) is 0 Å². The zero-order valence-electron chi connectivity index (χ0n) is 12.3. The Kier molecular flexibility index (Phi) is 5.37.